The number of ketones is 1. The zero-order valence-corrected chi connectivity index (χ0v) is 8.07. The van der Waals surface area contributed by atoms with Crippen LogP contribution in [0.4, 0.5) is 0 Å². The van der Waals surface area contributed by atoms with Gasteiger partial charge in [-0.15, -0.1) is 0 Å². The van der Waals surface area contributed by atoms with E-state index in [2.05, 4.69) is 0 Å². The molecule has 0 bridgehead atoms. The maximum Gasteiger partial charge on any atom is 0.159 e. The first-order chi connectivity index (χ1) is 6.63. The number of hydrogen-bond acceptors (Lipinski definition) is 3. The molecule has 0 saturated heterocycles. The van der Waals surface area contributed by atoms with Gasteiger partial charge in [0.1, 0.15) is 6.29 Å². The van der Waals surface area contributed by atoms with Gasteiger partial charge in [-0.25, -0.2) is 0 Å². The predicted octanol–water partition coefficient (Wildman–Crippen LogP) is 0.958. The summed E-state index contributed by atoms with van der Waals surface area (Å²) < 4.78 is 0. The molecule has 1 aromatic carbocycles. The molecular weight excluding hydrogens is 178 g/mol. The Kier molecular flexibility index (Phi) is 3.54. The van der Waals surface area contributed by atoms with Crippen molar-refractivity contribution in [3.8, 4) is 0 Å². The van der Waals surface area contributed by atoms with Gasteiger partial charge in [-0.1, -0.05) is 24.3 Å². The predicted molar refractivity (Wildman–Crippen MR) is 54.2 cm³/mol. The van der Waals surface area contributed by atoms with Gasteiger partial charge in [0.2, 0.25) is 0 Å². The molecule has 0 aliphatic heterocycles. The molecule has 1 atom stereocenters. The van der Waals surface area contributed by atoms with E-state index >= 15 is 0 Å². The van der Waals surface area contributed by atoms with Crippen LogP contribution in [0.2, 0.25) is 0 Å². The average Bonchev–Trinajstić information content (AvgIpc) is 2.18. The minimum Gasteiger partial charge on any atom is -0.321 e. The molecule has 1 aromatic rings. The normalized spacial score (nSPS) is 12.1. The van der Waals surface area contributed by atoms with E-state index in [1.807, 2.05) is 12.1 Å². The fourth-order valence-electron chi connectivity index (χ4n) is 1.20. The van der Waals surface area contributed by atoms with E-state index in [1.165, 1.54) is 6.92 Å². The number of Topliss-reactive ketones (excluding diaryl/α,β-unsaturated/α-hetero) is 1. The largest absolute Gasteiger partial charge is 0.321 e. The molecule has 14 heavy (non-hydrogen) atoms. The number of nitrogens with two attached hydrogens (primary N) is 1. The van der Waals surface area contributed by atoms with Crippen LogP contribution >= 0.6 is 0 Å². The van der Waals surface area contributed by atoms with E-state index in [-0.39, 0.29) is 5.78 Å². The Labute approximate surface area is 82.9 Å². The van der Waals surface area contributed by atoms with Crippen molar-refractivity contribution in [1.82, 2.24) is 0 Å². The number of aldehydes is 1. The Morgan fingerprint density at radius 3 is 2.43 bits per heavy atom. The summed E-state index contributed by atoms with van der Waals surface area (Å²) in [7, 11) is 0. The number of benzene rings is 1. The van der Waals surface area contributed by atoms with Gasteiger partial charge in [0, 0.05) is 5.56 Å². The molecule has 0 radical (unpaired) electrons. The molecule has 0 aliphatic rings. The summed E-state index contributed by atoms with van der Waals surface area (Å²) in [5, 5.41) is 0. The van der Waals surface area contributed by atoms with E-state index in [0.29, 0.717) is 12.0 Å². The maximum atomic E-state index is 11.0. The molecule has 0 amide bonds. The summed E-state index contributed by atoms with van der Waals surface area (Å²) >= 11 is 0. The van der Waals surface area contributed by atoms with Crippen molar-refractivity contribution in [2.45, 2.75) is 19.4 Å². The third kappa shape index (κ3) is 2.78. The van der Waals surface area contributed by atoms with E-state index in [1.54, 1.807) is 12.1 Å². The Morgan fingerprint density at radius 1 is 1.43 bits per heavy atom. The number of hydrogen-bond donors (Lipinski definition) is 1. The van der Waals surface area contributed by atoms with Crippen LogP contribution in [0.5, 0.6) is 0 Å². The van der Waals surface area contributed by atoms with Crippen LogP contribution in [0.3, 0.4) is 0 Å². The highest BCUT2D eigenvalue weighted by molar-refractivity contribution is 5.94. The van der Waals surface area contributed by atoms with Crippen molar-refractivity contribution >= 4 is 12.1 Å². The summed E-state index contributed by atoms with van der Waals surface area (Å²) in [6.45, 7) is 1.52. The summed E-state index contributed by atoms with van der Waals surface area (Å²) in [4.78, 5) is 21.3. The van der Waals surface area contributed by atoms with Crippen LogP contribution in [0.15, 0.2) is 24.3 Å². The average molecular weight is 191 g/mol. The molecule has 0 aromatic heterocycles. The van der Waals surface area contributed by atoms with E-state index in [0.717, 1.165) is 11.8 Å². The highest BCUT2D eigenvalue weighted by Crippen LogP contribution is 2.06. The van der Waals surface area contributed by atoms with Crippen LogP contribution in [-0.2, 0) is 11.2 Å². The molecule has 0 spiro atoms. The molecule has 3 nitrogen and oxygen atoms in total. The highest BCUT2D eigenvalue weighted by Gasteiger charge is 2.03. The molecule has 74 valence electrons. The van der Waals surface area contributed by atoms with Gasteiger partial charge in [-0.3, -0.25) is 4.79 Å². The Morgan fingerprint density at radius 2 is 2.00 bits per heavy atom. The first kappa shape index (κ1) is 10.6. The standard InChI is InChI=1S/C11H13NO2/c1-8(14)10-4-2-9(3-5-10)6-11(12)7-13/h2-5,7,11H,6,12H2,1H3. The molecule has 2 N–H and O–H groups in total. The molecule has 0 heterocycles. The van der Waals surface area contributed by atoms with Gasteiger partial charge in [0.25, 0.3) is 0 Å². The van der Waals surface area contributed by atoms with Gasteiger partial charge < -0.3 is 10.5 Å². The monoisotopic (exact) mass is 191 g/mol. The highest BCUT2D eigenvalue weighted by atomic mass is 16.1. The fraction of sp³-hybridized carbons (Fsp3) is 0.273. The molecule has 1 unspecified atom stereocenters. The lowest BCUT2D eigenvalue weighted by Crippen LogP contribution is -2.23. The first-order valence-electron chi connectivity index (χ1n) is 4.44. The third-order valence-corrected chi connectivity index (χ3v) is 2.01. The lowest BCUT2D eigenvalue weighted by Gasteiger charge is -2.04. The van der Waals surface area contributed by atoms with Crippen LogP contribution < -0.4 is 5.73 Å². The molecule has 0 fully saturated rings. The summed E-state index contributed by atoms with van der Waals surface area (Å²) in [6.07, 6.45) is 1.24. The zero-order valence-electron chi connectivity index (χ0n) is 8.07. The second-order valence-electron chi connectivity index (χ2n) is 3.26. The maximum absolute atomic E-state index is 11.0. The van der Waals surface area contributed by atoms with Gasteiger partial charge >= 0.3 is 0 Å². The Hall–Kier alpha value is -1.48. The molecule has 3 heteroatoms. The van der Waals surface area contributed by atoms with Gasteiger partial charge in [0.15, 0.2) is 5.78 Å². The summed E-state index contributed by atoms with van der Waals surface area (Å²) in [6, 6.07) is 6.67. The van der Waals surface area contributed by atoms with Gasteiger partial charge in [0.05, 0.1) is 6.04 Å². The fourth-order valence-corrected chi connectivity index (χ4v) is 1.20. The van der Waals surface area contributed by atoms with Crippen molar-refractivity contribution in [3.63, 3.8) is 0 Å². The summed E-state index contributed by atoms with van der Waals surface area (Å²) in [5.74, 6) is 0.0382. The zero-order chi connectivity index (χ0) is 10.6. The van der Waals surface area contributed by atoms with Crippen molar-refractivity contribution in [1.29, 1.82) is 0 Å². The topological polar surface area (TPSA) is 60.2 Å². The molecule has 0 saturated carbocycles. The van der Waals surface area contributed by atoms with Crippen LogP contribution in [0.25, 0.3) is 0 Å². The van der Waals surface area contributed by atoms with E-state index < -0.39 is 6.04 Å². The van der Waals surface area contributed by atoms with Crippen molar-refractivity contribution in [2.75, 3.05) is 0 Å². The van der Waals surface area contributed by atoms with Crippen molar-refractivity contribution < 1.29 is 9.59 Å². The van der Waals surface area contributed by atoms with Gasteiger partial charge in [-0.2, -0.15) is 0 Å². The molecular formula is C11H13NO2. The third-order valence-electron chi connectivity index (χ3n) is 2.01. The second kappa shape index (κ2) is 4.67. The lowest BCUT2D eigenvalue weighted by atomic mass is 10.0. The quantitative estimate of drug-likeness (QED) is 0.569. The van der Waals surface area contributed by atoms with Gasteiger partial charge in [-0.05, 0) is 18.9 Å². The van der Waals surface area contributed by atoms with Crippen LogP contribution in [0.1, 0.15) is 22.8 Å². The van der Waals surface area contributed by atoms with Crippen LogP contribution in [0, 0.1) is 0 Å². The Bertz CT molecular complexity index is 330. The first-order valence-corrected chi connectivity index (χ1v) is 4.44. The van der Waals surface area contributed by atoms with E-state index in [4.69, 9.17) is 5.73 Å². The number of rotatable bonds is 4. The SMILES string of the molecule is CC(=O)c1ccc(CC(N)C=O)cc1. The van der Waals surface area contributed by atoms with Crippen molar-refractivity contribution in [2.24, 2.45) is 5.73 Å². The van der Waals surface area contributed by atoms with Crippen LogP contribution in [-0.4, -0.2) is 18.1 Å². The summed E-state index contributed by atoms with van der Waals surface area (Å²) in [5.41, 5.74) is 7.11. The van der Waals surface area contributed by atoms with E-state index in [9.17, 15) is 9.59 Å². The smallest absolute Gasteiger partial charge is 0.159 e. The minimum absolute atomic E-state index is 0.0382. The lowest BCUT2D eigenvalue weighted by molar-refractivity contribution is -0.108. The molecule has 0 aliphatic carbocycles. The Balaban J connectivity index is 2.73. The number of carbonyl (C=O) groups is 2. The van der Waals surface area contributed by atoms with Crippen molar-refractivity contribution in [3.05, 3.63) is 35.4 Å². The minimum atomic E-state index is -0.460. The second-order valence-corrected chi connectivity index (χ2v) is 3.26. The molecule has 1 rings (SSSR count). The number of carbonyl (C=O) groups excluding carboxylic acids is 2.